The summed E-state index contributed by atoms with van der Waals surface area (Å²) in [6, 6.07) is 28.4. The summed E-state index contributed by atoms with van der Waals surface area (Å²) in [5, 5.41) is 17.2. The fourth-order valence-corrected chi connectivity index (χ4v) is 5.46. The first-order chi connectivity index (χ1) is 20.1. The van der Waals surface area contributed by atoms with Gasteiger partial charge in [-0.25, -0.2) is 0 Å². The molecule has 0 aliphatic rings. The van der Waals surface area contributed by atoms with Crippen molar-refractivity contribution in [2.45, 2.75) is 30.3 Å². The van der Waals surface area contributed by atoms with Crippen LogP contribution in [0, 0.1) is 0 Å². The monoisotopic (exact) mass is 567 g/mol. The maximum atomic E-state index is 13.7. The third-order valence-electron chi connectivity index (χ3n) is 7.11. The van der Waals surface area contributed by atoms with E-state index >= 15 is 0 Å². The molecule has 0 aliphatic heterocycles. The highest BCUT2D eigenvalue weighted by Gasteiger charge is 2.20. The van der Waals surface area contributed by atoms with Gasteiger partial charge in [-0.1, -0.05) is 48.5 Å². The minimum Gasteiger partial charge on any atom is -0.508 e. The molecule has 5 N–H and O–H groups in total. The van der Waals surface area contributed by atoms with E-state index < -0.39 is 0 Å². The summed E-state index contributed by atoms with van der Waals surface area (Å²) in [5.74, 6) is 0.788. The number of carbonyl (C=O) groups is 1. The number of aromatic hydroxyl groups is 1. The van der Waals surface area contributed by atoms with Gasteiger partial charge in [0.2, 0.25) is 0 Å². The second-order valence-corrected chi connectivity index (χ2v) is 10.5. The number of rotatable bonds is 12. The van der Waals surface area contributed by atoms with Crippen molar-refractivity contribution in [1.29, 1.82) is 0 Å². The van der Waals surface area contributed by atoms with E-state index in [1.165, 1.54) is 0 Å². The van der Waals surface area contributed by atoms with Crippen LogP contribution in [-0.2, 0) is 13.0 Å². The molecular weight excluding hydrogens is 534 g/mol. The first-order valence-corrected chi connectivity index (χ1v) is 14.3. The van der Waals surface area contributed by atoms with E-state index in [0.717, 1.165) is 39.6 Å². The number of methoxy groups -OCH3 is 1. The number of aromatic amines is 1. The van der Waals surface area contributed by atoms with Gasteiger partial charge in [0.25, 0.3) is 5.91 Å². The summed E-state index contributed by atoms with van der Waals surface area (Å²) < 4.78 is 15.3. The number of H-pyrrole nitrogens is 1. The molecular formula is C33H33N3O4S. The first-order valence-electron chi connectivity index (χ1n) is 13.5. The number of hydrogen-bond acceptors (Lipinski definition) is 6. The number of hydrogen-bond donors (Lipinski definition) is 5. The average Bonchev–Trinajstić information content (AvgIpc) is 3.49. The number of phenols is 1. The standard InChI is InChI=1S/C33H33N3O4S/c1-40-26-10-13-31(41-39)30(20-26)27-11-12-29(28-15-17-35-32(27)28)33(38)36-24(18-22-6-3-2-4-7-22)14-16-34-21-23-8-5-9-25(37)19-23/h2-13,15,17,19-20,24,34-35,37,39H,14,16,18,21H2,1H3,(H,36,38)/t24-/m1/s1. The van der Waals surface area contributed by atoms with Gasteiger partial charge in [-0.2, -0.15) is 0 Å². The van der Waals surface area contributed by atoms with Crippen LogP contribution in [0.4, 0.5) is 0 Å². The summed E-state index contributed by atoms with van der Waals surface area (Å²) in [4.78, 5) is 17.7. The summed E-state index contributed by atoms with van der Waals surface area (Å²) in [6.45, 7) is 1.33. The zero-order valence-corrected chi connectivity index (χ0v) is 23.6. The summed E-state index contributed by atoms with van der Waals surface area (Å²) in [7, 11) is 1.61. The van der Waals surface area contributed by atoms with Gasteiger partial charge < -0.3 is 30.0 Å². The van der Waals surface area contributed by atoms with Crippen LogP contribution in [0.3, 0.4) is 0 Å². The highest BCUT2D eigenvalue weighted by molar-refractivity contribution is 7.94. The molecule has 0 fully saturated rings. The van der Waals surface area contributed by atoms with Crippen molar-refractivity contribution in [2.24, 2.45) is 0 Å². The second-order valence-electron chi connectivity index (χ2n) is 9.88. The highest BCUT2D eigenvalue weighted by atomic mass is 32.2. The Morgan fingerprint density at radius 2 is 1.78 bits per heavy atom. The number of ether oxygens (including phenoxy) is 1. The summed E-state index contributed by atoms with van der Waals surface area (Å²) in [5.41, 5.74) is 5.23. The molecule has 5 aromatic rings. The third-order valence-corrected chi connectivity index (χ3v) is 7.67. The fraction of sp³-hybridized carbons (Fsp3) is 0.182. The van der Waals surface area contributed by atoms with Crippen molar-refractivity contribution in [3.8, 4) is 22.6 Å². The Balaban J connectivity index is 1.35. The van der Waals surface area contributed by atoms with Crippen LogP contribution >= 0.6 is 12.0 Å². The quantitative estimate of drug-likeness (QED) is 0.0855. The van der Waals surface area contributed by atoms with E-state index in [-0.39, 0.29) is 17.7 Å². The van der Waals surface area contributed by atoms with Crippen LogP contribution in [-0.4, -0.2) is 40.2 Å². The predicted molar refractivity (Wildman–Crippen MR) is 165 cm³/mol. The molecule has 0 aliphatic carbocycles. The molecule has 0 saturated carbocycles. The number of phenolic OH excluding ortho intramolecular Hbond substituents is 1. The Labute approximate surface area is 243 Å². The molecule has 8 heteroatoms. The Bertz CT molecular complexity index is 1620. The third kappa shape index (κ3) is 6.92. The topological polar surface area (TPSA) is 107 Å². The van der Waals surface area contributed by atoms with E-state index in [1.807, 2.05) is 66.9 Å². The molecule has 7 nitrogen and oxygen atoms in total. The van der Waals surface area contributed by atoms with Crippen molar-refractivity contribution < 1.29 is 19.2 Å². The van der Waals surface area contributed by atoms with Crippen LogP contribution in [0.15, 0.2) is 102 Å². The molecule has 5 rings (SSSR count). The van der Waals surface area contributed by atoms with Gasteiger partial charge >= 0.3 is 0 Å². The molecule has 0 spiro atoms. The second kappa shape index (κ2) is 13.4. The molecule has 0 unspecified atom stereocenters. The van der Waals surface area contributed by atoms with Crippen molar-refractivity contribution >= 4 is 28.9 Å². The Kier molecular flexibility index (Phi) is 9.26. The van der Waals surface area contributed by atoms with Gasteiger partial charge in [0, 0.05) is 57.8 Å². The van der Waals surface area contributed by atoms with Gasteiger partial charge in [-0.15, -0.1) is 0 Å². The number of amides is 1. The van der Waals surface area contributed by atoms with Crippen LogP contribution in [0.25, 0.3) is 22.0 Å². The van der Waals surface area contributed by atoms with E-state index in [1.54, 1.807) is 25.3 Å². The van der Waals surface area contributed by atoms with Crippen LogP contribution < -0.4 is 15.4 Å². The lowest BCUT2D eigenvalue weighted by molar-refractivity contribution is 0.0936. The average molecular weight is 568 g/mol. The maximum absolute atomic E-state index is 13.7. The molecule has 1 atom stereocenters. The SMILES string of the molecule is COc1ccc(SO)c(-c2ccc(C(=O)N[C@H](CCNCc3cccc(O)c3)Cc3ccccc3)c3cc[nH]c23)c1. The van der Waals surface area contributed by atoms with E-state index in [0.29, 0.717) is 47.8 Å². The number of carbonyl (C=O) groups excluding carboxylic acids is 1. The van der Waals surface area contributed by atoms with Gasteiger partial charge in [-0.05, 0) is 73.0 Å². The minimum atomic E-state index is -0.141. The molecule has 4 aromatic carbocycles. The number of fused-ring (bicyclic) bond motifs is 1. The maximum Gasteiger partial charge on any atom is 0.252 e. The normalized spacial score (nSPS) is 11.9. The van der Waals surface area contributed by atoms with Gasteiger partial charge in [-0.3, -0.25) is 4.79 Å². The molecule has 0 radical (unpaired) electrons. The van der Waals surface area contributed by atoms with Gasteiger partial charge in [0.15, 0.2) is 0 Å². The van der Waals surface area contributed by atoms with Gasteiger partial charge in [0.05, 0.1) is 12.6 Å². The van der Waals surface area contributed by atoms with Crippen LogP contribution in [0.1, 0.15) is 27.9 Å². The molecule has 41 heavy (non-hydrogen) atoms. The number of benzene rings is 4. The van der Waals surface area contributed by atoms with Crippen molar-refractivity contribution in [1.82, 2.24) is 15.6 Å². The molecule has 1 amide bonds. The molecule has 1 heterocycles. The lowest BCUT2D eigenvalue weighted by atomic mass is 9.98. The largest absolute Gasteiger partial charge is 0.508 e. The highest BCUT2D eigenvalue weighted by Crippen LogP contribution is 2.37. The predicted octanol–water partition coefficient (Wildman–Crippen LogP) is 6.64. The van der Waals surface area contributed by atoms with Crippen LogP contribution in [0.2, 0.25) is 0 Å². The van der Waals surface area contributed by atoms with Crippen molar-refractivity contribution in [3.05, 3.63) is 114 Å². The van der Waals surface area contributed by atoms with Crippen molar-refractivity contribution in [2.75, 3.05) is 13.7 Å². The lowest BCUT2D eigenvalue weighted by Crippen LogP contribution is -2.38. The van der Waals surface area contributed by atoms with Gasteiger partial charge in [0.1, 0.15) is 11.5 Å². The molecule has 1 aromatic heterocycles. The zero-order valence-electron chi connectivity index (χ0n) is 22.8. The molecule has 0 bridgehead atoms. The van der Waals surface area contributed by atoms with E-state index in [2.05, 4.69) is 27.8 Å². The number of aromatic nitrogens is 1. The van der Waals surface area contributed by atoms with E-state index in [4.69, 9.17) is 4.74 Å². The molecule has 0 saturated heterocycles. The summed E-state index contributed by atoms with van der Waals surface area (Å²) in [6.07, 6.45) is 3.26. The number of nitrogens with one attached hydrogen (secondary N) is 3. The van der Waals surface area contributed by atoms with Crippen LogP contribution in [0.5, 0.6) is 11.5 Å². The summed E-state index contributed by atoms with van der Waals surface area (Å²) >= 11 is 0.682. The molecule has 210 valence electrons. The minimum absolute atomic E-state index is 0.0916. The smallest absolute Gasteiger partial charge is 0.252 e. The van der Waals surface area contributed by atoms with Crippen molar-refractivity contribution in [3.63, 3.8) is 0 Å². The fourth-order valence-electron chi connectivity index (χ4n) is 5.07. The first kappa shape index (κ1) is 28.3. The lowest BCUT2D eigenvalue weighted by Gasteiger charge is -2.20. The van der Waals surface area contributed by atoms with E-state index in [9.17, 15) is 14.5 Å². The Morgan fingerprint density at radius 3 is 2.56 bits per heavy atom. The zero-order chi connectivity index (χ0) is 28.6. The Hall–Kier alpha value is -4.24. The Morgan fingerprint density at radius 1 is 0.951 bits per heavy atom.